The van der Waals surface area contributed by atoms with E-state index in [1.165, 1.54) is 0 Å². The highest BCUT2D eigenvalue weighted by Crippen LogP contribution is 2.45. The molecule has 0 saturated carbocycles. The maximum atomic E-state index is 11.8. The molecule has 0 radical (unpaired) electrons. The molecule has 0 N–H and O–H groups in total. The number of ether oxygens (including phenoxy) is 1. The van der Waals surface area contributed by atoms with Crippen LogP contribution in [0.15, 0.2) is 10.1 Å². The number of hydrogen-bond acceptors (Lipinski definition) is 2. The fraction of sp³-hybridized carbons (Fsp3) is 0.700. The first-order valence-corrected chi connectivity index (χ1v) is 5.31. The molecule has 1 aliphatic heterocycles. The molecule has 0 spiro atoms. The molecule has 0 aromatic heterocycles. The minimum atomic E-state index is -0.293. The Bertz CT molecular complexity index is 304. The van der Waals surface area contributed by atoms with Crippen LogP contribution in [0.5, 0.6) is 0 Å². The predicted molar refractivity (Wildman–Crippen MR) is 53.7 cm³/mol. The average Bonchev–Trinajstić information content (AvgIpc) is 2.33. The van der Waals surface area contributed by atoms with Gasteiger partial charge in [-0.05, 0) is 48.7 Å². The lowest BCUT2D eigenvalue weighted by molar-refractivity contribution is -0.122. The van der Waals surface area contributed by atoms with E-state index >= 15 is 0 Å². The van der Waals surface area contributed by atoms with Gasteiger partial charge in [-0.2, -0.15) is 0 Å². The van der Waals surface area contributed by atoms with Gasteiger partial charge in [0.05, 0.1) is 22.1 Å². The SMILES string of the molecule is CC1=C(Br)C(=O)C2C[C@@H]1OC2(C)C. The van der Waals surface area contributed by atoms with Gasteiger partial charge in [0, 0.05) is 0 Å². The highest BCUT2D eigenvalue weighted by molar-refractivity contribution is 9.12. The molecule has 1 aliphatic carbocycles. The number of ketones is 1. The fourth-order valence-corrected chi connectivity index (χ4v) is 2.70. The summed E-state index contributed by atoms with van der Waals surface area (Å²) in [5.41, 5.74) is 0.755. The largest absolute Gasteiger partial charge is 0.367 e. The molecule has 3 heteroatoms. The van der Waals surface area contributed by atoms with Crippen LogP contribution in [0.2, 0.25) is 0 Å². The maximum absolute atomic E-state index is 11.8. The second-order valence-corrected chi connectivity index (χ2v) is 5.15. The summed E-state index contributed by atoms with van der Waals surface area (Å²) in [6.07, 6.45) is 0.999. The molecule has 2 rings (SSSR count). The van der Waals surface area contributed by atoms with Crippen LogP contribution in [-0.4, -0.2) is 17.5 Å². The molecule has 2 aliphatic rings. The molecule has 1 saturated heterocycles. The van der Waals surface area contributed by atoms with Crippen molar-refractivity contribution in [2.75, 3.05) is 0 Å². The second-order valence-electron chi connectivity index (χ2n) is 4.36. The van der Waals surface area contributed by atoms with Crippen LogP contribution in [0.25, 0.3) is 0 Å². The van der Waals surface area contributed by atoms with E-state index in [4.69, 9.17) is 4.74 Å². The Kier molecular flexibility index (Phi) is 1.93. The third kappa shape index (κ3) is 1.21. The summed E-state index contributed by atoms with van der Waals surface area (Å²) in [4.78, 5) is 11.8. The molecule has 72 valence electrons. The molecule has 0 aromatic carbocycles. The highest BCUT2D eigenvalue weighted by atomic mass is 79.9. The second kappa shape index (κ2) is 2.67. The third-order valence-electron chi connectivity index (χ3n) is 3.10. The third-order valence-corrected chi connectivity index (χ3v) is 4.11. The first-order valence-electron chi connectivity index (χ1n) is 4.52. The van der Waals surface area contributed by atoms with Crippen LogP contribution in [0, 0.1) is 5.92 Å². The van der Waals surface area contributed by atoms with E-state index in [1.807, 2.05) is 20.8 Å². The first kappa shape index (κ1) is 9.41. The fourth-order valence-electron chi connectivity index (χ4n) is 2.17. The summed E-state index contributed by atoms with van der Waals surface area (Å²) in [5.74, 6) is 0.242. The molecule has 1 unspecified atom stereocenters. The summed E-state index contributed by atoms with van der Waals surface area (Å²) in [6, 6.07) is 0. The molecule has 1 heterocycles. The number of carbonyl (C=O) groups is 1. The molecular formula is C10H13BrO2. The van der Waals surface area contributed by atoms with Crippen molar-refractivity contribution in [2.45, 2.75) is 38.9 Å². The van der Waals surface area contributed by atoms with E-state index < -0.39 is 0 Å². The number of rotatable bonds is 0. The molecule has 2 bridgehead atoms. The summed E-state index contributed by atoms with van der Waals surface area (Å²) in [5, 5.41) is 0. The lowest BCUT2D eigenvalue weighted by Crippen LogP contribution is -2.33. The van der Waals surface area contributed by atoms with Crippen molar-refractivity contribution < 1.29 is 9.53 Å². The Labute approximate surface area is 86.5 Å². The van der Waals surface area contributed by atoms with Crippen LogP contribution < -0.4 is 0 Å². The molecular weight excluding hydrogens is 232 g/mol. The van der Waals surface area contributed by atoms with Gasteiger partial charge in [0.15, 0.2) is 5.78 Å². The van der Waals surface area contributed by atoms with Crippen molar-refractivity contribution in [1.82, 2.24) is 0 Å². The monoisotopic (exact) mass is 244 g/mol. The van der Waals surface area contributed by atoms with Crippen LogP contribution in [0.4, 0.5) is 0 Å². The van der Waals surface area contributed by atoms with Gasteiger partial charge in [-0.3, -0.25) is 4.79 Å². The van der Waals surface area contributed by atoms with E-state index in [2.05, 4.69) is 15.9 Å². The Balaban J connectivity index is 2.45. The van der Waals surface area contributed by atoms with E-state index in [-0.39, 0.29) is 23.4 Å². The summed E-state index contributed by atoms with van der Waals surface area (Å²) < 4.78 is 6.55. The summed E-state index contributed by atoms with van der Waals surface area (Å²) in [6.45, 7) is 5.95. The smallest absolute Gasteiger partial charge is 0.175 e. The van der Waals surface area contributed by atoms with Gasteiger partial charge in [-0.25, -0.2) is 0 Å². The lowest BCUT2D eigenvalue weighted by Gasteiger charge is -2.23. The highest BCUT2D eigenvalue weighted by Gasteiger charge is 2.50. The van der Waals surface area contributed by atoms with Crippen molar-refractivity contribution in [2.24, 2.45) is 5.92 Å². The van der Waals surface area contributed by atoms with Crippen molar-refractivity contribution in [1.29, 1.82) is 0 Å². The average molecular weight is 245 g/mol. The maximum Gasteiger partial charge on any atom is 0.175 e. The van der Waals surface area contributed by atoms with Gasteiger partial charge in [0.2, 0.25) is 0 Å². The molecule has 13 heavy (non-hydrogen) atoms. The van der Waals surface area contributed by atoms with Crippen molar-refractivity contribution >= 4 is 21.7 Å². The minimum Gasteiger partial charge on any atom is -0.367 e. The zero-order chi connectivity index (χ0) is 9.80. The van der Waals surface area contributed by atoms with Gasteiger partial charge in [0.25, 0.3) is 0 Å². The Morgan fingerprint density at radius 2 is 2.15 bits per heavy atom. The molecule has 1 fully saturated rings. The van der Waals surface area contributed by atoms with E-state index in [9.17, 15) is 4.79 Å². The molecule has 0 aromatic rings. The standard InChI is InChI=1S/C10H13BrO2/c1-5-7-4-6(9(12)8(5)11)10(2,3)13-7/h6-7H,4H2,1-3H3/t6?,7-/m0/s1. The number of allylic oxidation sites excluding steroid dienone is 1. The number of Topliss-reactive ketones (excluding diaryl/α,β-unsaturated/α-hetero) is 1. The summed E-state index contributed by atoms with van der Waals surface area (Å²) >= 11 is 3.34. The van der Waals surface area contributed by atoms with E-state index in [0.29, 0.717) is 0 Å². The Morgan fingerprint density at radius 3 is 2.77 bits per heavy atom. The number of carbonyl (C=O) groups excluding carboxylic acids is 1. The predicted octanol–water partition coefficient (Wildman–Crippen LogP) is 2.42. The Hall–Kier alpha value is -0.150. The zero-order valence-electron chi connectivity index (χ0n) is 8.06. The van der Waals surface area contributed by atoms with Crippen molar-refractivity contribution in [3.8, 4) is 0 Å². The van der Waals surface area contributed by atoms with Gasteiger partial charge < -0.3 is 4.74 Å². The first-order chi connectivity index (χ1) is 5.93. The number of fused-ring (bicyclic) bond motifs is 2. The van der Waals surface area contributed by atoms with E-state index in [1.54, 1.807) is 0 Å². The molecule has 2 atom stereocenters. The molecule has 2 nitrogen and oxygen atoms in total. The minimum absolute atomic E-state index is 0.0376. The van der Waals surface area contributed by atoms with Gasteiger partial charge in [0.1, 0.15) is 0 Å². The van der Waals surface area contributed by atoms with Crippen molar-refractivity contribution in [3.63, 3.8) is 0 Å². The zero-order valence-corrected chi connectivity index (χ0v) is 9.64. The van der Waals surface area contributed by atoms with E-state index in [0.717, 1.165) is 16.5 Å². The van der Waals surface area contributed by atoms with Gasteiger partial charge >= 0.3 is 0 Å². The lowest BCUT2D eigenvalue weighted by atomic mass is 9.81. The van der Waals surface area contributed by atoms with Crippen molar-refractivity contribution in [3.05, 3.63) is 10.1 Å². The Morgan fingerprint density at radius 1 is 1.54 bits per heavy atom. The van der Waals surface area contributed by atoms with Crippen LogP contribution in [0.1, 0.15) is 27.2 Å². The quantitative estimate of drug-likeness (QED) is 0.655. The summed E-state index contributed by atoms with van der Waals surface area (Å²) in [7, 11) is 0. The topological polar surface area (TPSA) is 26.3 Å². The normalized spacial score (nSPS) is 37.1. The van der Waals surface area contributed by atoms with Crippen LogP contribution in [-0.2, 0) is 9.53 Å². The van der Waals surface area contributed by atoms with Crippen LogP contribution in [0.3, 0.4) is 0 Å². The van der Waals surface area contributed by atoms with Crippen LogP contribution >= 0.6 is 15.9 Å². The number of halogens is 1. The van der Waals surface area contributed by atoms with Gasteiger partial charge in [-0.1, -0.05) is 0 Å². The van der Waals surface area contributed by atoms with Gasteiger partial charge in [-0.15, -0.1) is 0 Å². The molecule has 0 amide bonds. The number of hydrogen-bond donors (Lipinski definition) is 0.